The van der Waals surface area contributed by atoms with Crippen LogP contribution in [0.15, 0.2) is 0 Å². The molecule has 62 valence electrons. The summed E-state index contributed by atoms with van der Waals surface area (Å²) in [5.74, 6) is 0. The number of nitrogens with one attached hydrogen (secondary N) is 1. The number of aliphatic hydroxyl groups is 1. The van der Waals surface area contributed by atoms with Crippen molar-refractivity contribution in [3.05, 3.63) is 0 Å². The fourth-order valence-electron chi connectivity index (χ4n) is 0.997. The summed E-state index contributed by atoms with van der Waals surface area (Å²) in [6.07, 6.45) is 1.01. The number of rotatable bonds is 3. The molecule has 0 bridgehead atoms. The molecular weight excluding hydrogens is 126 g/mol. The molecule has 0 heterocycles. The first-order valence-corrected chi connectivity index (χ1v) is 3.77. The van der Waals surface area contributed by atoms with Crippen molar-refractivity contribution >= 4 is 0 Å². The summed E-state index contributed by atoms with van der Waals surface area (Å²) in [5.41, 5.74) is 0.302. The second kappa shape index (κ2) is 3.94. The Bertz CT molecular complexity index is 81.7. The Kier molecular flexibility index (Phi) is 3.91. The summed E-state index contributed by atoms with van der Waals surface area (Å²) in [6, 6.07) is 0.250. The first-order chi connectivity index (χ1) is 4.49. The second-order valence-corrected chi connectivity index (χ2v) is 3.93. The van der Waals surface area contributed by atoms with Crippen molar-refractivity contribution in [2.75, 3.05) is 13.7 Å². The molecule has 2 heteroatoms. The van der Waals surface area contributed by atoms with Crippen LogP contribution in [0.5, 0.6) is 0 Å². The van der Waals surface area contributed by atoms with Crippen LogP contribution in [-0.4, -0.2) is 24.8 Å². The normalized spacial score (nSPS) is 15.3. The van der Waals surface area contributed by atoms with E-state index in [4.69, 9.17) is 5.11 Å². The summed E-state index contributed by atoms with van der Waals surface area (Å²) in [5, 5.41) is 11.9. The van der Waals surface area contributed by atoms with Gasteiger partial charge in [0.1, 0.15) is 0 Å². The lowest BCUT2D eigenvalue weighted by atomic mass is 9.88. The van der Waals surface area contributed by atoms with Crippen LogP contribution >= 0.6 is 0 Å². The molecule has 0 unspecified atom stereocenters. The van der Waals surface area contributed by atoms with Gasteiger partial charge in [0, 0.05) is 6.04 Å². The topological polar surface area (TPSA) is 32.3 Å². The number of hydrogen-bond acceptors (Lipinski definition) is 2. The highest BCUT2D eigenvalue weighted by atomic mass is 16.3. The lowest BCUT2D eigenvalue weighted by Gasteiger charge is -2.23. The Morgan fingerprint density at radius 1 is 1.40 bits per heavy atom. The molecule has 0 rings (SSSR count). The van der Waals surface area contributed by atoms with Crippen molar-refractivity contribution < 1.29 is 5.11 Å². The highest BCUT2D eigenvalue weighted by Crippen LogP contribution is 2.20. The maximum Gasteiger partial charge on any atom is 0.0584 e. The van der Waals surface area contributed by atoms with Crippen LogP contribution in [0.25, 0.3) is 0 Å². The van der Waals surface area contributed by atoms with Gasteiger partial charge in [0.05, 0.1) is 6.61 Å². The number of hydrogen-bond donors (Lipinski definition) is 2. The van der Waals surface area contributed by atoms with Crippen LogP contribution in [0.4, 0.5) is 0 Å². The van der Waals surface area contributed by atoms with Gasteiger partial charge in [0.2, 0.25) is 0 Å². The SMILES string of the molecule is CN[C@@H](CO)CC(C)(C)C. The third-order valence-electron chi connectivity index (χ3n) is 1.49. The molecule has 1 atom stereocenters. The molecule has 0 fully saturated rings. The highest BCUT2D eigenvalue weighted by molar-refractivity contribution is 4.71. The molecule has 0 aliphatic heterocycles. The van der Waals surface area contributed by atoms with E-state index in [-0.39, 0.29) is 12.6 Å². The van der Waals surface area contributed by atoms with E-state index in [0.29, 0.717) is 5.41 Å². The first kappa shape index (κ1) is 9.92. The third-order valence-corrected chi connectivity index (χ3v) is 1.49. The van der Waals surface area contributed by atoms with Crippen LogP contribution in [0.2, 0.25) is 0 Å². The van der Waals surface area contributed by atoms with Crippen LogP contribution in [-0.2, 0) is 0 Å². The maximum atomic E-state index is 8.83. The van der Waals surface area contributed by atoms with Gasteiger partial charge in [-0.2, -0.15) is 0 Å². The van der Waals surface area contributed by atoms with E-state index in [1.54, 1.807) is 0 Å². The smallest absolute Gasteiger partial charge is 0.0584 e. The molecule has 0 saturated carbocycles. The molecule has 0 aliphatic carbocycles. The predicted molar refractivity (Wildman–Crippen MR) is 44.0 cm³/mol. The lowest BCUT2D eigenvalue weighted by molar-refractivity contribution is 0.205. The largest absolute Gasteiger partial charge is 0.395 e. The van der Waals surface area contributed by atoms with Gasteiger partial charge >= 0.3 is 0 Å². The zero-order valence-electron chi connectivity index (χ0n) is 7.44. The molecule has 0 aromatic rings. The Morgan fingerprint density at radius 2 is 1.90 bits per heavy atom. The van der Waals surface area contributed by atoms with Gasteiger partial charge in [-0.05, 0) is 18.9 Å². The van der Waals surface area contributed by atoms with E-state index in [9.17, 15) is 0 Å². The van der Waals surface area contributed by atoms with Crippen molar-refractivity contribution in [1.29, 1.82) is 0 Å². The van der Waals surface area contributed by atoms with Gasteiger partial charge in [0.25, 0.3) is 0 Å². The minimum atomic E-state index is 0.230. The zero-order valence-corrected chi connectivity index (χ0v) is 7.44. The maximum absolute atomic E-state index is 8.83. The van der Waals surface area contributed by atoms with Crippen molar-refractivity contribution in [1.82, 2.24) is 5.32 Å². The average molecular weight is 145 g/mol. The molecule has 0 saturated heterocycles. The van der Waals surface area contributed by atoms with Crippen LogP contribution in [0.1, 0.15) is 27.2 Å². The van der Waals surface area contributed by atoms with E-state index < -0.39 is 0 Å². The lowest BCUT2D eigenvalue weighted by Crippen LogP contribution is -2.33. The average Bonchev–Trinajstić information content (AvgIpc) is 1.81. The fourth-order valence-corrected chi connectivity index (χ4v) is 0.997. The Hall–Kier alpha value is -0.0800. The Balaban J connectivity index is 3.63. The van der Waals surface area contributed by atoms with Crippen molar-refractivity contribution in [2.45, 2.75) is 33.2 Å². The second-order valence-electron chi connectivity index (χ2n) is 3.93. The van der Waals surface area contributed by atoms with Crippen LogP contribution in [0, 0.1) is 5.41 Å². The first-order valence-electron chi connectivity index (χ1n) is 3.77. The molecule has 2 N–H and O–H groups in total. The highest BCUT2D eigenvalue weighted by Gasteiger charge is 2.15. The Labute approximate surface area is 63.6 Å². The molecular formula is C8H19NO. The molecule has 0 spiro atoms. The fraction of sp³-hybridized carbons (Fsp3) is 1.00. The molecule has 0 aromatic carbocycles. The molecule has 0 aromatic heterocycles. The summed E-state index contributed by atoms with van der Waals surface area (Å²) >= 11 is 0. The van der Waals surface area contributed by atoms with Gasteiger partial charge in [-0.15, -0.1) is 0 Å². The molecule has 0 radical (unpaired) electrons. The molecule has 10 heavy (non-hydrogen) atoms. The predicted octanol–water partition coefficient (Wildman–Crippen LogP) is 1.00. The van der Waals surface area contributed by atoms with E-state index in [2.05, 4.69) is 26.1 Å². The molecule has 0 amide bonds. The van der Waals surface area contributed by atoms with Crippen molar-refractivity contribution in [3.63, 3.8) is 0 Å². The molecule has 0 aliphatic rings. The third kappa shape index (κ3) is 4.77. The minimum absolute atomic E-state index is 0.230. The summed E-state index contributed by atoms with van der Waals surface area (Å²) in [6.45, 7) is 6.75. The molecule has 2 nitrogen and oxygen atoms in total. The van der Waals surface area contributed by atoms with E-state index in [0.717, 1.165) is 6.42 Å². The minimum Gasteiger partial charge on any atom is -0.395 e. The summed E-state index contributed by atoms with van der Waals surface area (Å²) in [4.78, 5) is 0. The van der Waals surface area contributed by atoms with Gasteiger partial charge in [-0.3, -0.25) is 0 Å². The Morgan fingerprint density at radius 3 is 2.00 bits per heavy atom. The number of aliphatic hydroxyl groups excluding tert-OH is 1. The van der Waals surface area contributed by atoms with Gasteiger partial charge in [0.15, 0.2) is 0 Å². The van der Waals surface area contributed by atoms with E-state index in [1.807, 2.05) is 7.05 Å². The van der Waals surface area contributed by atoms with Crippen molar-refractivity contribution in [2.24, 2.45) is 5.41 Å². The van der Waals surface area contributed by atoms with E-state index in [1.165, 1.54) is 0 Å². The summed E-state index contributed by atoms with van der Waals surface area (Å²) < 4.78 is 0. The number of likely N-dealkylation sites (N-methyl/N-ethyl adjacent to an activating group) is 1. The quantitative estimate of drug-likeness (QED) is 0.621. The summed E-state index contributed by atoms with van der Waals surface area (Å²) in [7, 11) is 1.88. The monoisotopic (exact) mass is 145 g/mol. The van der Waals surface area contributed by atoms with Crippen LogP contribution in [0.3, 0.4) is 0 Å². The van der Waals surface area contributed by atoms with Gasteiger partial charge < -0.3 is 10.4 Å². The standard InChI is InChI=1S/C8H19NO/c1-8(2,3)5-7(6-10)9-4/h7,9-10H,5-6H2,1-4H3/t7-/m1/s1. The zero-order chi connectivity index (χ0) is 8.20. The van der Waals surface area contributed by atoms with Crippen LogP contribution < -0.4 is 5.32 Å². The van der Waals surface area contributed by atoms with Gasteiger partial charge in [-0.1, -0.05) is 20.8 Å². The van der Waals surface area contributed by atoms with Crippen molar-refractivity contribution in [3.8, 4) is 0 Å². The van der Waals surface area contributed by atoms with Gasteiger partial charge in [-0.25, -0.2) is 0 Å². The van der Waals surface area contributed by atoms with E-state index >= 15 is 0 Å².